The van der Waals surface area contributed by atoms with Crippen LogP contribution in [0.5, 0.6) is 5.75 Å². The van der Waals surface area contributed by atoms with Crippen LogP contribution in [0.1, 0.15) is 53.3 Å². The summed E-state index contributed by atoms with van der Waals surface area (Å²) in [6, 6.07) is 11.7. The van der Waals surface area contributed by atoms with Crippen LogP contribution in [0, 0.1) is 10.1 Å². The summed E-state index contributed by atoms with van der Waals surface area (Å²) in [4.78, 5) is 49.4. The van der Waals surface area contributed by atoms with Crippen LogP contribution in [-0.2, 0) is 22.7 Å². The molecule has 10 heteroatoms. The molecular formula is C24H16N2O8. The number of ether oxygens (including phenoxy) is 3. The van der Waals surface area contributed by atoms with Crippen LogP contribution in [0.2, 0.25) is 0 Å². The number of nitrogens with two attached hydrogens (primary N) is 1. The first-order valence-corrected chi connectivity index (χ1v) is 10.2. The van der Waals surface area contributed by atoms with E-state index in [1.807, 2.05) is 0 Å². The number of fused-ring (bicyclic) bond motifs is 3. The SMILES string of the molecule is Nc1c(C(=O)OCc2cc([N+](=O)[O-])cc3c2OCOC3)ccc2c1C(=O)c1ccccc1C2=O. The van der Waals surface area contributed by atoms with Gasteiger partial charge in [-0.3, -0.25) is 19.7 Å². The van der Waals surface area contributed by atoms with E-state index >= 15 is 0 Å². The van der Waals surface area contributed by atoms with Crippen molar-refractivity contribution in [2.45, 2.75) is 13.2 Å². The molecule has 1 heterocycles. The maximum atomic E-state index is 13.0. The predicted octanol–water partition coefficient (Wildman–Crippen LogP) is 3.18. The van der Waals surface area contributed by atoms with Crippen molar-refractivity contribution in [2.75, 3.05) is 12.5 Å². The summed E-state index contributed by atoms with van der Waals surface area (Å²) in [5.41, 5.74) is 6.99. The molecule has 0 spiro atoms. The number of carbonyl (C=O) groups is 3. The lowest BCUT2D eigenvalue weighted by Gasteiger charge is -2.21. The fourth-order valence-electron chi connectivity index (χ4n) is 4.10. The number of carbonyl (C=O) groups excluding carboxylic acids is 3. The van der Waals surface area contributed by atoms with E-state index < -0.39 is 16.7 Å². The van der Waals surface area contributed by atoms with E-state index in [4.69, 9.17) is 19.9 Å². The first-order valence-electron chi connectivity index (χ1n) is 10.2. The summed E-state index contributed by atoms with van der Waals surface area (Å²) in [6.07, 6.45) is 0. The van der Waals surface area contributed by atoms with Gasteiger partial charge in [0.15, 0.2) is 18.4 Å². The van der Waals surface area contributed by atoms with Crippen molar-refractivity contribution in [1.82, 2.24) is 0 Å². The average Bonchev–Trinajstić information content (AvgIpc) is 2.85. The Hall–Kier alpha value is -4.57. The Balaban J connectivity index is 1.45. The number of nitrogens with zero attached hydrogens (tertiary/aromatic N) is 1. The van der Waals surface area contributed by atoms with Crippen molar-refractivity contribution in [3.05, 3.63) is 97.6 Å². The number of ketones is 2. The molecule has 170 valence electrons. The fourth-order valence-corrected chi connectivity index (χ4v) is 4.10. The Morgan fingerprint density at radius 2 is 1.79 bits per heavy atom. The monoisotopic (exact) mass is 460 g/mol. The Kier molecular flexibility index (Phi) is 5.06. The molecule has 0 bridgehead atoms. The highest BCUT2D eigenvalue weighted by Gasteiger charge is 2.33. The van der Waals surface area contributed by atoms with Crippen molar-refractivity contribution in [3.63, 3.8) is 0 Å². The molecule has 3 aromatic carbocycles. The van der Waals surface area contributed by atoms with E-state index in [-0.39, 0.29) is 70.5 Å². The molecule has 0 radical (unpaired) electrons. The number of nitrogen functional groups attached to an aromatic ring is 1. The number of hydrogen-bond donors (Lipinski definition) is 1. The van der Waals surface area contributed by atoms with Crippen molar-refractivity contribution < 1.29 is 33.5 Å². The van der Waals surface area contributed by atoms with E-state index in [0.29, 0.717) is 11.3 Å². The summed E-state index contributed by atoms with van der Waals surface area (Å²) < 4.78 is 16.0. The molecule has 2 N–H and O–H groups in total. The van der Waals surface area contributed by atoms with Gasteiger partial charge in [-0.15, -0.1) is 0 Å². The van der Waals surface area contributed by atoms with Crippen molar-refractivity contribution in [1.29, 1.82) is 0 Å². The van der Waals surface area contributed by atoms with Crippen molar-refractivity contribution in [2.24, 2.45) is 0 Å². The van der Waals surface area contributed by atoms with Crippen molar-refractivity contribution in [3.8, 4) is 5.75 Å². The first-order chi connectivity index (χ1) is 16.4. The lowest BCUT2D eigenvalue weighted by atomic mass is 9.82. The molecule has 0 unspecified atom stereocenters. The molecule has 5 rings (SSSR count). The molecule has 0 saturated carbocycles. The van der Waals surface area contributed by atoms with Crippen LogP contribution < -0.4 is 10.5 Å². The molecule has 0 fully saturated rings. The molecule has 34 heavy (non-hydrogen) atoms. The van der Waals surface area contributed by atoms with Gasteiger partial charge in [-0.05, 0) is 12.1 Å². The smallest absolute Gasteiger partial charge is 0.340 e. The van der Waals surface area contributed by atoms with E-state index in [1.165, 1.54) is 30.3 Å². The number of nitro benzene ring substituents is 1. The molecule has 1 aliphatic carbocycles. The second-order valence-electron chi connectivity index (χ2n) is 7.69. The number of hydrogen-bond acceptors (Lipinski definition) is 9. The topological polar surface area (TPSA) is 148 Å². The number of esters is 1. The third-order valence-corrected chi connectivity index (χ3v) is 5.69. The van der Waals surface area contributed by atoms with Crippen LogP contribution in [0.4, 0.5) is 11.4 Å². The van der Waals surface area contributed by atoms with E-state index in [0.717, 1.165) is 0 Å². The highest BCUT2D eigenvalue weighted by molar-refractivity contribution is 6.30. The third kappa shape index (κ3) is 3.37. The molecule has 0 amide bonds. The van der Waals surface area contributed by atoms with Gasteiger partial charge >= 0.3 is 5.97 Å². The fraction of sp³-hybridized carbons (Fsp3) is 0.125. The molecule has 0 atom stereocenters. The molecule has 0 aromatic heterocycles. The lowest BCUT2D eigenvalue weighted by Crippen LogP contribution is -2.24. The van der Waals surface area contributed by atoms with E-state index in [9.17, 15) is 24.5 Å². The minimum Gasteiger partial charge on any atom is -0.467 e. The van der Waals surface area contributed by atoms with Crippen LogP contribution in [0.25, 0.3) is 0 Å². The van der Waals surface area contributed by atoms with Crippen LogP contribution in [0.15, 0.2) is 48.5 Å². The zero-order chi connectivity index (χ0) is 24.0. The Labute approximate surface area is 192 Å². The maximum Gasteiger partial charge on any atom is 0.340 e. The first kappa shape index (κ1) is 21.3. The largest absolute Gasteiger partial charge is 0.467 e. The van der Waals surface area contributed by atoms with Gasteiger partial charge < -0.3 is 19.9 Å². The zero-order valence-corrected chi connectivity index (χ0v) is 17.5. The van der Waals surface area contributed by atoms with Gasteiger partial charge in [0.2, 0.25) is 0 Å². The minimum absolute atomic E-state index is 0.0405. The second-order valence-corrected chi connectivity index (χ2v) is 7.69. The summed E-state index contributed by atoms with van der Waals surface area (Å²) in [6.45, 7) is -0.260. The predicted molar refractivity (Wildman–Crippen MR) is 117 cm³/mol. The quantitative estimate of drug-likeness (QED) is 0.210. The van der Waals surface area contributed by atoms with Gasteiger partial charge in [0, 0.05) is 39.9 Å². The zero-order valence-electron chi connectivity index (χ0n) is 17.5. The van der Waals surface area contributed by atoms with Crippen molar-refractivity contribution >= 4 is 28.9 Å². The standard InChI is InChI=1S/C24H16N2O8/c25-20-18(6-5-17-19(20)22(28)16-4-2-1-3-15(16)21(17)27)24(29)33-10-13-8-14(26(30)31)7-12-9-32-11-34-23(12)13/h1-8H,9-11,25H2. The molecule has 3 aromatic rings. The van der Waals surface area contributed by atoms with Gasteiger partial charge in [-0.2, -0.15) is 0 Å². The number of anilines is 1. The lowest BCUT2D eigenvalue weighted by molar-refractivity contribution is -0.385. The maximum absolute atomic E-state index is 13.0. The third-order valence-electron chi connectivity index (χ3n) is 5.69. The van der Waals surface area contributed by atoms with E-state index in [1.54, 1.807) is 18.2 Å². The number of rotatable bonds is 4. The number of non-ortho nitro benzene ring substituents is 1. The Morgan fingerprint density at radius 3 is 2.53 bits per heavy atom. The highest BCUT2D eigenvalue weighted by atomic mass is 16.7. The molecule has 2 aliphatic rings. The van der Waals surface area contributed by atoms with Gasteiger partial charge in [0.05, 0.1) is 28.3 Å². The van der Waals surface area contributed by atoms with Gasteiger partial charge in [0.1, 0.15) is 12.4 Å². The minimum atomic E-state index is -0.855. The highest BCUT2D eigenvalue weighted by Crippen LogP contribution is 2.35. The summed E-state index contributed by atoms with van der Waals surface area (Å²) >= 11 is 0. The second kappa shape index (κ2) is 8.09. The van der Waals surface area contributed by atoms with Gasteiger partial charge in [-0.25, -0.2) is 4.79 Å². The van der Waals surface area contributed by atoms with Crippen LogP contribution in [0.3, 0.4) is 0 Å². The number of nitro groups is 1. The molecule has 10 nitrogen and oxygen atoms in total. The molecular weight excluding hydrogens is 444 g/mol. The van der Waals surface area contributed by atoms with Gasteiger partial charge in [0.25, 0.3) is 5.69 Å². The molecule has 0 saturated heterocycles. The van der Waals surface area contributed by atoms with Crippen LogP contribution >= 0.6 is 0 Å². The summed E-state index contributed by atoms with van der Waals surface area (Å²) in [5, 5.41) is 11.3. The average molecular weight is 460 g/mol. The Morgan fingerprint density at radius 1 is 1.06 bits per heavy atom. The summed E-state index contributed by atoms with van der Waals surface area (Å²) in [7, 11) is 0. The summed E-state index contributed by atoms with van der Waals surface area (Å²) in [5.74, 6) is -1.33. The Bertz CT molecular complexity index is 1410. The van der Waals surface area contributed by atoms with Gasteiger partial charge in [-0.1, -0.05) is 24.3 Å². The molecule has 1 aliphatic heterocycles. The van der Waals surface area contributed by atoms with Crippen LogP contribution in [-0.4, -0.2) is 29.3 Å². The normalized spacial score (nSPS) is 13.9. The van der Waals surface area contributed by atoms with E-state index in [2.05, 4.69) is 0 Å². The number of benzene rings is 3.